The molecule has 0 fully saturated rings. The van der Waals surface area contributed by atoms with E-state index in [1.807, 2.05) is 17.2 Å². The molecule has 0 saturated carbocycles. The van der Waals surface area contributed by atoms with Crippen molar-refractivity contribution in [3.63, 3.8) is 0 Å². The number of aryl methyl sites for hydroxylation is 1. The van der Waals surface area contributed by atoms with Crippen molar-refractivity contribution in [3.05, 3.63) is 41.7 Å². The zero-order chi connectivity index (χ0) is 22.6. The Morgan fingerprint density at radius 1 is 1.46 bits per heavy atom. The minimum atomic E-state index is -2.60. The average molecular weight is 405 g/mol. The van der Waals surface area contributed by atoms with Crippen LogP contribution >= 0.6 is 11.8 Å². The zero-order valence-corrected chi connectivity index (χ0v) is 16.6. The molecule has 9 nitrogen and oxygen atoms in total. The van der Waals surface area contributed by atoms with E-state index >= 15 is 0 Å². The molecule has 0 spiro atoms. The molecule has 2 heterocycles. The van der Waals surface area contributed by atoms with Crippen molar-refractivity contribution in [1.29, 1.82) is 0 Å². The topological polar surface area (TPSA) is 97.2 Å². The molecule has 0 aliphatic carbocycles. The zero-order valence-electron chi connectivity index (χ0n) is 18.8. The van der Waals surface area contributed by atoms with E-state index < -0.39 is 12.9 Å². The van der Waals surface area contributed by atoms with Crippen molar-refractivity contribution in [2.24, 2.45) is 7.05 Å². The van der Waals surface area contributed by atoms with Gasteiger partial charge in [0, 0.05) is 23.8 Å². The Kier molecular flexibility index (Phi) is 5.02. The van der Waals surface area contributed by atoms with E-state index in [0.717, 1.165) is 0 Å². The van der Waals surface area contributed by atoms with Gasteiger partial charge in [-0.05, 0) is 29.7 Å². The Hall–Kier alpha value is -3.01. The lowest BCUT2D eigenvalue weighted by atomic mass is 10.1. The van der Waals surface area contributed by atoms with Gasteiger partial charge in [-0.2, -0.15) is 4.80 Å². The van der Waals surface area contributed by atoms with Gasteiger partial charge in [0.15, 0.2) is 5.75 Å². The van der Waals surface area contributed by atoms with Gasteiger partial charge in [-0.25, -0.2) is 0 Å². The van der Waals surface area contributed by atoms with Gasteiger partial charge in [0.1, 0.15) is 0 Å². The number of nitrogens with zero attached hydrogens (tertiary/aromatic N) is 5. The summed E-state index contributed by atoms with van der Waals surface area (Å²) in [7, 11) is 3.19. The molecule has 10 heteroatoms. The minimum absolute atomic E-state index is 0.210. The van der Waals surface area contributed by atoms with Crippen LogP contribution in [0.4, 0.5) is 5.69 Å². The second-order valence-electron chi connectivity index (χ2n) is 5.92. The Bertz CT molecular complexity index is 1020. The first-order chi connectivity index (χ1) is 14.7. The molecule has 1 aliphatic heterocycles. The van der Waals surface area contributed by atoms with Crippen LogP contribution in [0.1, 0.15) is 4.11 Å². The molecule has 0 unspecified atom stereocenters. The van der Waals surface area contributed by atoms with E-state index in [4.69, 9.17) is 8.85 Å². The lowest BCUT2D eigenvalue weighted by molar-refractivity contribution is -0.116. The first kappa shape index (κ1) is 16.0. The predicted molar refractivity (Wildman–Crippen MR) is 110 cm³/mol. The van der Waals surface area contributed by atoms with Crippen LogP contribution < -0.4 is 15.4 Å². The SMILES string of the molecule is [2H]C([2H])([2H])NC(=O)C1=CN(CSC)CC=C1Nc1cccc(-c2nnn(C)n2)c1OC. The smallest absolute Gasteiger partial charge is 0.254 e. The van der Waals surface area contributed by atoms with Crippen LogP contribution in [0.15, 0.2) is 41.7 Å². The number of amides is 1. The molecule has 0 atom stereocenters. The molecule has 1 aliphatic rings. The second-order valence-corrected chi connectivity index (χ2v) is 6.75. The van der Waals surface area contributed by atoms with Crippen molar-refractivity contribution in [2.45, 2.75) is 0 Å². The number of benzene rings is 1. The number of hydrogen-bond donors (Lipinski definition) is 2. The minimum Gasteiger partial charge on any atom is -0.494 e. The van der Waals surface area contributed by atoms with Crippen LogP contribution in [-0.2, 0) is 11.8 Å². The van der Waals surface area contributed by atoms with Crippen molar-refractivity contribution in [2.75, 3.05) is 38.1 Å². The number of anilines is 1. The molecule has 1 aromatic carbocycles. The van der Waals surface area contributed by atoms with E-state index in [0.29, 0.717) is 40.9 Å². The lowest BCUT2D eigenvalue weighted by Gasteiger charge is -2.26. The van der Waals surface area contributed by atoms with Crippen LogP contribution in [-0.4, -0.2) is 63.8 Å². The van der Waals surface area contributed by atoms with Crippen LogP contribution in [0.2, 0.25) is 0 Å². The Balaban J connectivity index is 1.94. The number of likely N-dealkylation sites (N-methyl/N-ethyl adjacent to an activating group) is 1. The number of hydrogen-bond acceptors (Lipinski definition) is 8. The number of para-hydroxylation sites is 1. The second kappa shape index (κ2) is 8.79. The summed E-state index contributed by atoms with van der Waals surface area (Å²) in [5, 5.41) is 17.4. The molecular weight excluding hydrogens is 378 g/mol. The summed E-state index contributed by atoms with van der Waals surface area (Å²) in [5.74, 6) is 0.822. The van der Waals surface area contributed by atoms with E-state index in [1.54, 1.807) is 43.2 Å². The predicted octanol–water partition coefficient (Wildman–Crippen LogP) is 1.45. The standard InChI is InChI=1S/C18H23N7O2S/c1-19-18(26)13-10-25(11-28-4)9-8-14(13)20-15-7-5-6-12(16(15)27-3)17-21-23-24(2)22-17/h5-8,10,20H,9,11H2,1-4H3,(H,19,26)/i1D3. The summed E-state index contributed by atoms with van der Waals surface area (Å²) in [6, 6.07) is 5.38. The number of rotatable bonds is 7. The first-order valence-corrected chi connectivity index (χ1v) is 9.77. The highest BCUT2D eigenvalue weighted by Crippen LogP contribution is 2.36. The van der Waals surface area contributed by atoms with Gasteiger partial charge >= 0.3 is 0 Å². The normalized spacial score (nSPS) is 15.7. The number of tetrazole rings is 1. The highest BCUT2D eigenvalue weighted by Gasteiger charge is 2.21. The van der Waals surface area contributed by atoms with Crippen molar-refractivity contribution in [1.82, 2.24) is 30.4 Å². The van der Waals surface area contributed by atoms with Gasteiger partial charge < -0.3 is 20.3 Å². The summed E-state index contributed by atoms with van der Waals surface area (Å²) in [4.78, 5) is 16.0. The summed E-state index contributed by atoms with van der Waals surface area (Å²) >= 11 is 1.59. The quantitative estimate of drug-likeness (QED) is 0.716. The molecule has 2 aromatic rings. The number of carbonyl (C=O) groups is 1. The summed E-state index contributed by atoms with van der Waals surface area (Å²) in [6.45, 7) is -2.04. The maximum atomic E-state index is 12.7. The number of methoxy groups -OCH3 is 1. The molecule has 2 N–H and O–H groups in total. The molecule has 0 radical (unpaired) electrons. The molecule has 0 bridgehead atoms. The molecule has 28 heavy (non-hydrogen) atoms. The van der Waals surface area contributed by atoms with Gasteiger partial charge in [-0.1, -0.05) is 6.07 Å². The first-order valence-electron chi connectivity index (χ1n) is 9.88. The van der Waals surface area contributed by atoms with Crippen LogP contribution in [0, 0.1) is 0 Å². The van der Waals surface area contributed by atoms with Gasteiger partial charge in [0.05, 0.1) is 42.6 Å². The van der Waals surface area contributed by atoms with E-state index in [9.17, 15) is 4.79 Å². The highest BCUT2D eigenvalue weighted by atomic mass is 32.2. The monoisotopic (exact) mass is 404 g/mol. The number of thioether (sulfide) groups is 1. The van der Waals surface area contributed by atoms with Gasteiger partial charge in [-0.3, -0.25) is 4.79 Å². The van der Waals surface area contributed by atoms with Gasteiger partial charge in [-0.15, -0.1) is 22.0 Å². The number of nitrogens with one attached hydrogen (secondary N) is 2. The molecular formula is C18H23N7O2S. The van der Waals surface area contributed by atoms with Gasteiger partial charge in [0.25, 0.3) is 5.91 Å². The third-order valence-electron chi connectivity index (χ3n) is 4.02. The summed E-state index contributed by atoms with van der Waals surface area (Å²) < 4.78 is 27.7. The summed E-state index contributed by atoms with van der Waals surface area (Å²) in [5.41, 5.74) is 1.88. The fourth-order valence-corrected chi connectivity index (χ4v) is 3.33. The van der Waals surface area contributed by atoms with E-state index in [-0.39, 0.29) is 5.57 Å². The Morgan fingerprint density at radius 3 is 3.00 bits per heavy atom. The van der Waals surface area contributed by atoms with Gasteiger partial charge in [0.2, 0.25) is 5.82 Å². The van der Waals surface area contributed by atoms with Crippen LogP contribution in [0.3, 0.4) is 0 Å². The molecule has 3 rings (SSSR count). The van der Waals surface area contributed by atoms with E-state index in [2.05, 4.69) is 26.0 Å². The van der Waals surface area contributed by atoms with E-state index in [1.165, 1.54) is 11.9 Å². The molecule has 1 amide bonds. The number of ether oxygens (including phenoxy) is 1. The number of carbonyl (C=O) groups excluding carboxylic acids is 1. The third kappa shape index (κ3) is 4.11. The van der Waals surface area contributed by atoms with Crippen molar-refractivity contribution >= 4 is 23.4 Å². The third-order valence-corrected chi connectivity index (χ3v) is 4.61. The average Bonchev–Trinajstić information content (AvgIpc) is 3.14. The fourth-order valence-electron chi connectivity index (χ4n) is 2.81. The van der Waals surface area contributed by atoms with Crippen molar-refractivity contribution < 1.29 is 13.6 Å². The maximum absolute atomic E-state index is 12.7. The van der Waals surface area contributed by atoms with Crippen LogP contribution in [0.25, 0.3) is 11.4 Å². The molecule has 148 valence electrons. The Labute approximate surface area is 172 Å². The summed E-state index contributed by atoms with van der Waals surface area (Å²) in [6.07, 6.45) is 5.43. The maximum Gasteiger partial charge on any atom is 0.254 e. The fraction of sp³-hybridized carbons (Fsp3) is 0.333. The largest absolute Gasteiger partial charge is 0.494 e. The lowest BCUT2D eigenvalue weighted by Crippen LogP contribution is -2.30. The van der Waals surface area contributed by atoms with Crippen molar-refractivity contribution in [3.8, 4) is 17.1 Å². The molecule has 0 saturated heterocycles. The van der Waals surface area contributed by atoms with Crippen LogP contribution in [0.5, 0.6) is 5.75 Å². The number of aromatic nitrogens is 4. The Morgan fingerprint density at radius 2 is 2.32 bits per heavy atom. The highest BCUT2D eigenvalue weighted by molar-refractivity contribution is 7.98. The molecule has 1 aromatic heterocycles.